The van der Waals surface area contributed by atoms with E-state index in [0.717, 1.165) is 9.79 Å². The van der Waals surface area contributed by atoms with Crippen molar-refractivity contribution in [2.75, 3.05) is 26.2 Å². The molecular formula is C36H46N3O7PS2. The maximum Gasteiger partial charge on any atom is 0.453 e. The van der Waals surface area contributed by atoms with Crippen molar-refractivity contribution >= 4 is 48.8 Å². The van der Waals surface area contributed by atoms with E-state index in [-0.39, 0.29) is 17.7 Å². The minimum atomic E-state index is -4.12. The fraction of sp³-hybridized carbons (Fsp3) is 0.417. The molecular weight excluding hydrogens is 682 g/mol. The average molecular weight is 728 g/mol. The van der Waals surface area contributed by atoms with E-state index in [2.05, 4.69) is 10.6 Å². The zero-order chi connectivity index (χ0) is 35.7. The van der Waals surface area contributed by atoms with E-state index in [4.69, 9.17) is 13.8 Å². The van der Waals surface area contributed by atoms with Crippen LogP contribution in [0.15, 0.2) is 82.6 Å². The van der Waals surface area contributed by atoms with Crippen molar-refractivity contribution in [3.63, 3.8) is 0 Å². The Kier molecular flexibility index (Phi) is 13.5. The largest absolute Gasteiger partial charge is 0.497 e. The van der Waals surface area contributed by atoms with Gasteiger partial charge in [-0.25, -0.2) is 4.57 Å². The molecule has 4 rings (SSSR count). The van der Waals surface area contributed by atoms with Crippen LogP contribution < -0.4 is 24.4 Å². The number of benzene rings is 3. The molecule has 0 unspecified atom stereocenters. The lowest BCUT2D eigenvalue weighted by atomic mass is 10.0. The van der Waals surface area contributed by atoms with Crippen molar-refractivity contribution in [1.29, 1.82) is 0 Å². The van der Waals surface area contributed by atoms with Crippen molar-refractivity contribution in [2.24, 2.45) is 11.8 Å². The number of carbonyl (C=O) groups excluding carboxylic acids is 3. The van der Waals surface area contributed by atoms with Crippen molar-refractivity contribution < 1.29 is 32.7 Å². The van der Waals surface area contributed by atoms with Gasteiger partial charge in [-0.05, 0) is 110 Å². The van der Waals surface area contributed by atoms with Gasteiger partial charge in [0.25, 0.3) is 5.91 Å². The third-order valence-corrected chi connectivity index (χ3v) is 12.1. The van der Waals surface area contributed by atoms with Crippen LogP contribution in [0.3, 0.4) is 0 Å². The summed E-state index contributed by atoms with van der Waals surface area (Å²) < 4.78 is 32.4. The van der Waals surface area contributed by atoms with Crippen LogP contribution in [0.4, 0.5) is 0 Å². The van der Waals surface area contributed by atoms with Gasteiger partial charge in [-0.3, -0.25) is 14.4 Å². The van der Waals surface area contributed by atoms with Crippen molar-refractivity contribution in [1.82, 2.24) is 15.5 Å². The van der Waals surface area contributed by atoms with Crippen molar-refractivity contribution in [3.05, 3.63) is 78.4 Å². The second kappa shape index (κ2) is 17.4. The molecule has 1 aliphatic heterocycles. The number of hydrogen-bond acceptors (Lipinski definition) is 9. The van der Waals surface area contributed by atoms with Gasteiger partial charge in [-0.1, -0.05) is 27.7 Å². The Labute approximate surface area is 298 Å². The van der Waals surface area contributed by atoms with Crippen LogP contribution in [0.25, 0.3) is 0 Å². The second-order valence-electron chi connectivity index (χ2n) is 12.4. The van der Waals surface area contributed by atoms with Crippen molar-refractivity contribution in [3.8, 4) is 17.2 Å². The van der Waals surface area contributed by atoms with E-state index in [9.17, 15) is 18.9 Å². The number of nitrogens with zero attached hydrogens (tertiary/aromatic N) is 1. The summed E-state index contributed by atoms with van der Waals surface area (Å²) in [5, 5.41) is 5.83. The summed E-state index contributed by atoms with van der Waals surface area (Å²) in [6.07, 6.45) is 4.93. The molecule has 49 heavy (non-hydrogen) atoms. The lowest BCUT2D eigenvalue weighted by Crippen LogP contribution is -2.56. The van der Waals surface area contributed by atoms with E-state index in [1.807, 2.05) is 64.5 Å². The molecule has 13 heteroatoms. The quantitative estimate of drug-likeness (QED) is 0.122. The number of thioether (sulfide) groups is 2. The molecule has 1 aliphatic rings. The lowest BCUT2D eigenvalue weighted by molar-refractivity contribution is -0.140. The zero-order valence-electron chi connectivity index (χ0n) is 29.0. The smallest absolute Gasteiger partial charge is 0.453 e. The molecule has 3 aromatic carbocycles. The Morgan fingerprint density at radius 1 is 0.776 bits per heavy atom. The van der Waals surface area contributed by atoms with Gasteiger partial charge in [-0.15, -0.1) is 23.5 Å². The maximum atomic E-state index is 14.9. The van der Waals surface area contributed by atoms with Crippen molar-refractivity contribution in [2.45, 2.75) is 68.2 Å². The van der Waals surface area contributed by atoms with Gasteiger partial charge in [0.05, 0.1) is 7.11 Å². The normalized spacial score (nSPS) is 15.9. The van der Waals surface area contributed by atoms with Crippen LogP contribution in [0.1, 0.15) is 50.9 Å². The monoisotopic (exact) mass is 727 g/mol. The summed E-state index contributed by atoms with van der Waals surface area (Å²) in [5.74, 6) is -1.59. The molecule has 3 aromatic rings. The summed E-state index contributed by atoms with van der Waals surface area (Å²) >= 11 is 3.14. The Hall–Kier alpha value is -3.60. The number of carbonyl (C=O) groups is 3. The highest BCUT2D eigenvalue weighted by Gasteiger charge is 2.46. The molecule has 0 saturated carbocycles. The third-order valence-electron chi connectivity index (χ3n) is 8.26. The first kappa shape index (κ1) is 38.2. The van der Waals surface area contributed by atoms with E-state index in [1.54, 1.807) is 79.2 Å². The zero-order valence-corrected chi connectivity index (χ0v) is 31.5. The van der Waals surface area contributed by atoms with Gasteiger partial charge in [0.1, 0.15) is 29.3 Å². The van der Waals surface area contributed by atoms with Crippen LogP contribution in [-0.4, -0.2) is 66.7 Å². The highest BCUT2D eigenvalue weighted by Crippen LogP contribution is 2.54. The van der Waals surface area contributed by atoms with Crippen LogP contribution in [0, 0.1) is 11.8 Å². The Morgan fingerprint density at radius 2 is 1.29 bits per heavy atom. The number of rotatable bonds is 15. The molecule has 2 N–H and O–H groups in total. The molecule has 1 fully saturated rings. The van der Waals surface area contributed by atoms with E-state index >= 15 is 0 Å². The third kappa shape index (κ3) is 9.77. The summed E-state index contributed by atoms with van der Waals surface area (Å²) in [6, 6.07) is 19.3. The molecule has 3 atom stereocenters. The topological polar surface area (TPSA) is 123 Å². The lowest BCUT2D eigenvalue weighted by Gasteiger charge is -2.34. The summed E-state index contributed by atoms with van der Waals surface area (Å²) in [7, 11) is -2.58. The minimum absolute atomic E-state index is 0.251. The predicted molar refractivity (Wildman–Crippen MR) is 196 cm³/mol. The van der Waals surface area contributed by atoms with E-state index in [1.165, 1.54) is 4.90 Å². The Balaban J connectivity index is 1.57. The molecule has 1 saturated heterocycles. The van der Waals surface area contributed by atoms with Gasteiger partial charge in [0, 0.05) is 21.9 Å². The van der Waals surface area contributed by atoms with E-state index < -0.39 is 37.3 Å². The molecule has 0 radical (unpaired) electrons. The van der Waals surface area contributed by atoms with Gasteiger partial charge in [0.15, 0.2) is 5.78 Å². The standard InChI is InChI=1S/C36H46N3O7PS2/c1-23(2)32(37-33(40)25-10-12-26(44-5)13-11-25)36(42)39-22-8-9-31(39)34(41)38-35(24(3)4)47(43,45-27-14-18-29(48-6)19-15-27)46-28-16-20-30(49-7)21-17-28/h10-21,23-24,31-32,35H,8-9,22H2,1-7H3,(H,37,40)(H,38,41)/t31-,32-,35-/m0/s1. The molecule has 0 aromatic heterocycles. The molecule has 1 heterocycles. The number of methoxy groups -OCH3 is 1. The molecule has 3 amide bonds. The van der Waals surface area contributed by atoms with Gasteiger partial charge in [-0.2, -0.15) is 0 Å². The maximum absolute atomic E-state index is 14.9. The first-order valence-corrected chi connectivity index (χ1v) is 20.3. The van der Waals surface area contributed by atoms with Gasteiger partial charge < -0.3 is 29.3 Å². The number of nitrogens with one attached hydrogen (secondary N) is 2. The summed E-state index contributed by atoms with van der Waals surface area (Å²) in [5.41, 5.74) is 0.386. The number of amides is 3. The minimum Gasteiger partial charge on any atom is -0.497 e. The first-order chi connectivity index (χ1) is 23.4. The van der Waals surface area contributed by atoms with Crippen LogP contribution in [-0.2, 0) is 14.2 Å². The SMILES string of the molecule is COc1ccc(C(=O)N[C@H](C(=O)N2CCC[C@H]2C(=O)N[C@H](C(C)C)P(=O)(Oc2ccc(SC)cc2)Oc2ccc(SC)cc2)C(C)C)cc1. The number of ether oxygens (including phenoxy) is 1. The fourth-order valence-corrected chi connectivity index (χ4v) is 8.44. The number of hydrogen-bond donors (Lipinski definition) is 2. The molecule has 0 spiro atoms. The Bertz CT molecular complexity index is 1570. The van der Waals surface area contributed by atoms with Crippen LogP contribution in [0.5, 0.6) is 17.2 Å². The Morgan fingerprint density at radius 3 is 1.73 bits per heavy atom. The van der Waals surface area contributed by atoms with Crippen LogP contribution >= 0.6 is 31.1 Å². The highest BCUT2D eigenvalue weighted by atomic mass is 32.2. The molecule has 0 bridgehead atoms. The molecule has 10 nitrogen and oxygen atoms in total. The van der Waals surface area contributed by atoms with Gasteiger partial charge >= 0.3 is 7.60 Å². The highest BCUT2D eigenvalue weighted by molar-refractivity contribution is 7.98. The molecule has 264 valence electrons. The first-order valence-electron chi connectivity index (χ1n) is 16.2. The average Bonchev–Trinajstić information content (AvgIpc) is 3.60. The molecule has 0 aliphatic carbocycles. The summed E-state index contributed by atoms with van der Waals surface area (Å²) in [6.45, 7) is 7.70. The van der Waals surface area contributed by atoms with Gasteiger partial charge in [0.2, 0.25) is 11.8 Å². The predicted octanol–water partition coefficient (Wildman–Crippen LogP) is 7.33. The number of likely N-dealkylation sites (tertiary alicyclic amines) is 1. The second-order valence-corrected chi connectivity index (χ2v) is 16.1. The summed E-state index contributed by atoms with van der Waals surface area (Å²) in [4.78, 5) is 44.7. The van der Waals surface area contributed by atoms with E-state index in [0.29, 0.717) is 42.2 Å². The fourth-order valence-electron chi connectivity index (χ4n) is 5.51. The van der Waals surface area contributed by atoms with Crippen LogP contribution in [0.2, 0.25) is 0 Å².